The maximum absolute atomic E-state index is 12.2. The van der Waals surface area contributed by atoms with Gasteiger partial charge in [0, 0.05) is 12.3 Å². The lowest BCUT2D eigenvalue weighted by Crippen LogP contribution is -2.54. The van der Waals surface area contributed by atoms with E-state index in [1.54, 1.807) is 0 Å². The van der Waals surface area contributed by atoms with E-state index in [4.69, 9.17) is 14.2 Å². The van der Waals surface area contributed by atoms with Crippen LogP contribution in [0.3, 0.4) is 0 Å². The number of epoxide rings is 1. The van der Waals surface area contributed by atoms with Crippen LogP contribution in [0.5, 0.6) is 0 Å². The second-order valence-corrected chi connectivity index (χ2v) is 5.41. The molecule has 3 aliphatic rings. The van der Waals surface area contributed by atoms with E-state index in [2.05, 4.69) is 0 Å². The van der Waals surface area contributed by atoms with E-state index in [0.717, 1.165) is 0 Å². The van der Waals surface area contributed by atoms with Crippen molar-refractivity contribution < 1.29 is 28.6 Å². The van der Waals surface area contributed by atoms with Gasteiger partial charge in [0.15, 0.2) is 16.8 Å². The van der Waals surface area contributed by atoms with Crippen LogP contribution in [-0.2, 0) is 28.6 Å². The Hall–Kier alpha value is -1.43. The average molecular weight is 268 g/mol. The van der Waals surface area contributed by atoms with Crippen molar-refractivity contribution in [3.63, 3.8) is 0 Å². The maximum Gasteiger partial charge on any atom is 0.323 e. The zero-order valence-corrected chi connectivity index (χ0v) is 10.9. The van der Waals surface area contributed by atoms with Gasteiger partial charge in [-0.1, -0.05) is 0 Å². The lowest BCUT2D eigenvalue weighted by Gasteiger charge is -2.37. The Balaban J connectivity index is 2.07. The maximum atomic E-state index is 12.2. The number of Topliss-reactive ketones (excluding diaryl/α,β-unsaturated/α-hetero) is 1. The smallest absolute Gasteiger partial charge is 0.323 e. The summed E-state index contributed by atoms with van der Waals surface area (Å²) in [5.74, 6) is -1.69. The lowest BCUT2D eigenvalue weighted by atomic mass is 9.62. The first-order chi connectivity index (χ1) is 9.03. The molecule has 2 saturated carbocycles. The van der Waals surface area contributed by atoms with Gasteiger partial charge in [-0.15, -0.1) is 0 Å². The molecule has 0 amide bonds. The Morgan fingerprint density at radius 1 is 1.21 bits per heavy atom. The SMILES string of the molecule is COC(=O)C1(C(=O)OC)CC[C@@H]2O[C@@]23C(=O)CC[C@H]13. The van der Waals surface area contributed by atoms with Crippen LogP contribution in [0.1, 0.15) is 25.7 Å². The van der Waals surface area contributed by atoms with Crippen LogP contribution >= 0.6 is 0 Å². The highest BCUT2D eigenvalue weighted by molar-refractivity contribution is 6.04. The van der Waals surface area contributed by atoms with Gasteiger partial charge < -0.3 is 14.2 Å². The highest BCUT2D eigenvalue weighted by Crippen LogP contribution is 2.64. The van der Waals surface area contributed by atoms with Gasteiger partial charge in [0.1, 0.15) is 0 Å². The first-order valence-electron chi connectivity index (χ1n) is 6.42. The van der Waals surface area contributed by atoms with E-state index >= 15 is 0 Å². The number of ketones is 1. The normalized spacial score (nSPS) is 38.1. The summed E-state index contributed by atoms with van der Waals surface area (Å²) >= 11 is 0. The summed E-state index contributed by atoms with van der Waals surface area (Å²) in [6, 6.07) is 0. The summed E-state index contributed by atoms with van der Waals surface area (Å²) in [7, 11) is 2.49. The van der Waals surface area contributed by atoms with Crippen molar-refractivity contribution in [2.45, 2.75) is 37.4 Å². The molecule has 104 valence electrons. The molecule has 0 bridgehead atoms. The molecule has 2 aliphatic carbocycles. The molecular formula is C13H16O6. The van der Waals surface area contributed by atoms with E-state index in [-0.39, 0.29) is 11.9 Å². The molecule has 0 N–H and O–H groups in total. The molecule has 0 aromatic carbocycles. The molecule has 1 aliphatic heterocycles. The minimum atomic E-state index is -1.39. The zero-order chi connectivity index (χ0) is 13.8. The summed E-state index contributed by atoms with van der Waals surface area (Å²) < 4.78 is 15.2. The summed E-state index contributed by atoms with van der Waals surface area (Å²) in [5, 5.41) is 0. The molecule has 6 nitrogen and oxygen atoms in total. The van der Waals surface area contributed by atoms with E-state index in [0.29, 0.717) is 25.7 Å². The first kappa shape index (κ1) is 12.6. The van der Waals surface area contributed by atoms with E-state index < -0.39 is 28.9 Å². The highest BCUT2D eigenvalue weighted by atomic mass is 16.6. The Labute approximate surface area is 110 Å². The molecule has 6 heteroatoms. The number of ether oxygens (including phenoxy) is 3. The van der Waals surface area contributed by atoms with Gasteiger partial charge in [0.25, 0.3) is 0 Å². The molecular weight excluding hydrogens is 252 g/mol. The Bertz CT molecular complexity index is 454. The predicted octanol–water partition coefficient (Wildman–Crippen LogP) is 0.229. The Kier molecular flexibility index (Phi) is 2.51. The Morgan fingerprint density at radius 3 is 2.42 bits per heavy atom. The van der Waals surface area contributed by atoms with Gasteiger partial charge >= 0.3 is 11.9 Å². The summed E-state index contributed by atoms with van der Waals surface area (Å²) in [4.78, 5) is 36.5. The quantitative estimate of drug-likeness (QED) is 0.405. The number of rotatable bonds is 2. The molecule has 1 saturated heterocycles. The van der Waals surface area contributed by atoms with E-state index in [1.165, 1.54) is 14.2 Å². The lowest BCUT2D eigenvalue weighted by molar-refractivity contribution is -0.177. The largest absolute Gasteiger partial charge is 0.468 e. The molecule has 3 fully saturated rings. The molecule has 0 radical (unpaired) electrons. The van der Waals surface area contributed by atoms with Crippen LogP contribution in [0.2, 0.25) is 0 Å². The number of hydrogen-bond donors (Lipinski definition) is 0. The van der Waals surface area contributed by atoms with Gasteiger partial charge in [-0.25, -0.2) is 0 Å². The van der Waals surface area contributed by atoms with Gasteiger partial charge in [-0.05, 0) is 19.3 Å². The predicted molar refractivity (Wildman–Crippen MR) is 61.0 cm³/mol. The second-order valence-electron chi connectivity index (χ2n) is 5.41. The third kappa shape index (κ3) is 1.27. The number of carbonyl (C=O) groups excluding carboxylic acids is 3. The van der Waals surface area contributed by atoms with Crippen molar-refractivity contribution in [3.05, 3.63) is 0 Å². The number of methoxy groups -OCH3 is 2. The van der Waals surface area contributed by atoms with Crippen LogP contribution in [0, 0.1) is 11.3 Å². The van der Waals surface area contributed by atoms with Crippen molar-refractivity contribution in [1.29, 1.82) is 0 Å². The molecule has 0 unspecified atom stereocenters. The number of carbonyl (C=O) groups is 3. The molecule has 1 heterocycles. The fourth-order valence-electron chi connectivity index (χ4n) is 3.99. The van der Waals surface area contributed by atoms with Gasteiger partial charge in [0.05, 0.1) is 20.3 Å². The monoisotopic (exact) mass is 268 g/mol. The van der Waals surface area contributed by atoms with E-state index in [1.807, 2.05) is 0 Å². The van der Waals surface area contributed by atoms with Crippen LogP contribution in [0.25, 0.3) is 0 Å². The Morgan fingerprint density at radius 2 is 1.84 bits per heavy atom. The molecule has 3 atom stereocenters. The van der Waals surface area contributed by atoms with Crippen LogP contribution in [-0.4, -0.2) is 43.6 Å². The van der Waals surface area contributed by atoms with Crippen molar-refractivity contribution in [1.82, 2.24) is 0 Å². The molecule has 0 aromatic heterocycles. The second kappa shape index (κ2) is 3.79. The van der Waals surface area contributed by atoms with Crippen molar-refractivity contribution in [3.8, 4) is 0 Å². The fourth-order valence-corrected chi connectivity index (χ4v) is 3.99. The van der Waals surface area contributed by atoms with Gasteiger partial charge in [0.2, 0.25) is 0 Å². The van der Waals surface area contributed by atoms with E-state index in [9.17, 15) is 14.4 Å². The number of esters is 2. The van der Waals surface area contributed by atoms with Crippen molar-refractivity contribution in [2.75, 3.05) is 14.2 Å². The van der Waals surface area contributed by atoms with Crippen LogP contribution < -0.4 is 0 Å². The zero-order valence-electron chi connectivity index (χ0n) is 10.9. The molecule has 3 rings (SSSR count). The summed E-state index contributed by atoms with van der Waals surface area (Å²) in [6.07, 6.45) is 1.49. The summed E-state index contributed by atoms with van der Waals surface area (Å²) in [5.41, 5.74) is -2.32. The minimum Gasteiger partial charge on any atom is -0.468 e. The summed E-state index contributed by atoms with van der Waals surface area (Å²) in [6.45, 7) is 0. The third-order valence-electron chi connectivity index (χ3n) is 4.87. The molecule has 1 spiro atoms. The first-order valence-corrected chi connectivity index (χ1v) is 6.42. The highest BCUT2D eigenvalue weighted by Gasteiger charge is 2.79. The van der Waals surface area contributed by atoms with Crippen molar-refractivity contribution in [2.24, 2.45) is 11.3 Å². The van der Waals surface area contributed by atoms with Crippen LogP contribution in [0.4, 0.5) is 0 Å². The third-order valence-corrected chi connectivity index (χ3v) is 4.87. The molecule has 19 heavy (non-hydrogen) atoms. The fraction of sp³-hybridized carbons (Fsp3) is 0.769. The molecule has 0 aromatic rings. The van der Waals surface area contributed by atoms with Crippen molar-refractivity contribution >= 4 is 17.7 Å². The topological polar surface area (TPSA) is 82.2 Å². The number of hydrogen-bond acceptors (Lipinski definition) is 6. The average Bonchev–Trinajstić information content (AvgIpc) is 3.09. The van der Waals surface area contributed by atoms with Crippen LogP contribution in [0.15, 0.2) is 0 Å². The minimum absolute atomic E-state index is 0.000573. The van der Waals surface area contributed by atoms with Gasteiger partial charge in [-0.2, -0.15) is 0 Å². The standard InChI is InChI=1S/C13H16O6/c1-17-10(15)12(11(16)18-2)6-5-9-13(19-9)7(12)3-4-8(13)14/h7,9H,3-6H2,1-2H3/t7-,9+,13+/m1/s1. The van der Waals surface area contributed by atoms with Gasteiger partial charge in [-0.3, -0.25) is 14.4 Å².